The molecule has 1 heterocycles. The second kappa shape index (κ2) is 11.1. The maximum absolute atomic E-state index is 12.1. The number of nitrogens with one attached hydrogen (secondary N) is 1. The molecule has 0 aliphatic rings. The Balaban J connectivity index is 1.74. The number of hydrogen-bond donors (Lipinski definition) is 3. The van der Waals surface area contributed by atoms with Crippen molar-refractivity contribution >= 4 is 11.6 Å². The number of amides is 1. The fourth-order valence-corrected chi connectivity index (χ4v) is 2.87. The highest BCUT2D eigenvalue weighted by atomic mass is 16.6. The van der Waals surface area contributed by atoms with E-state index in [4.69, 9.17) is 0 Å². The Bertz CT molecular complexity index is 752. The third-order valence-corrected chi connectivity index (χ3v) is 4.47. The van der Waals surface area contributed by atoms with Crippen LogP contribution >= 0.6 is 0 Å². The molecule has 0 radical (unpaired) electrons. The second-order valence-electron chi connectivity index (χ2n) is 6.57. The summed E-state index contributed by atoms with van der Waals surface area (Å²) in [6, 6.07) is 10.4. The lowest BCUT2D eigenvalue weighted by atomic mass is 10.0. The van der Waals surface area contributed by atoms with Crippen molar-refractivity contribution in [2.75, 3.05) is 6.61 Å². The van der Waals surface area contributed by atoms with Gasteiger partial charge in [0.1, 0.15) is 12.6 Å². The van der Waals surface area contributed by atoms with Crippen LogP contribution in [0.4, 0.5) is 5.69 Å². The predicted octanol–water partition coefficient (Wildman–Crippen LogP) is 1.65. The second-order valence-corrected chi connectivity index (χ2v) is 6.57. The van der Waals surface area contributed by atoms with Crippen LogP contribution in [0.1, 0.15) is 37.4 Å². The maximum Gasteiger partial charge on any atom is 0.269 e. The number of hydrogen-bond acceptors (Lipinski definition) is 5. The molecule has 3 N–H and O–H groups in total. The zero-order valence-electron chi connectivity index (χ0n) is 15.6. The van der Waals surface area contributed by atoms with Crippen LogP contribution in [-0.4, -0.2) is 33.7 Å². The van der Waals surface area contributed by atoms with Crippen molar-refractivity contribution in [3.8, 4) is 0 Å². The number of nitro benzene ring substituents is 1. The molecule has 2 aromatic rings. The van der Waals surface area contributed by atoms with E-state index in [1.807, 2.05) is 30.6 Å². The first kappa shape index (κ1) is 21.5. The molecule has 0 fully saturated rings. The van der Waals surface area contributed by atoms with E-state index >= 15 is 0 Å². The normalized spacial score (nSPS) is 12.9. The first-order chi connectivity index (χ1) is 13.5. The number of nitro groups is 1. The summed E-state index contributed by atoms with van der Waals surface area (Å²) in [5.74, 6) is -0.243. The molecule has 0 aliphatic carbocycles. The molecule has 8 heteroatoms. The largest absolute Gasteiger partial charge is 0.394 e. The van der Waals surface area contributed by atoms with Crippen molar-refractivity contribution in [3.05, 3.63) is 70.5 Å². The van der Waals surface area contributed by atoms with Gasteiger partial charge >= 0.3 is 0 Å². The summed E-state index contributed by atoms with van der Waals surface area (Å²) < 4.78 is 2.09. The lowest BCUT2D eigenvalue weighted by Gasteiger charge is -2.22. The molecule has 1 aromatic heterocycles. The number of unbranched alkanes of at least 4 members (excludes halogenated alkanes) is 2. The highest BCUT2D eigenvalue weighted by molar-refractivity contribution is 5.76. The number of non-ortho nitro benzene ring substituents is 1. The first-order valence-corrected chi connectivity index (χ1v) is 9.28. The number of rotatable bonds is 11. The molecule has 8 nitrogen and oxygen atoms in total. The average molecular weight is 388 g/mol. The number of aryl methyl sites for hydroxylation is 1. The Labute approximate surface area is 163 Å². The van der Waals surface area contributed by atoms with Gasteiger partial charge in [0.05, 0.1) is 17.6 Å². The lowest BCUT2D eigenvalue weighted by Crippen LogP contribution is -2.41. The molecule has 0 spiro atoms. The Morgan fingerprint density at radius 3 is 2.39 bits per heavy atom. The van der Waals surface area contributed by atoms with Crippen molar-refractivity contribution < 1.29 is 24.5 Å². The van der Waals surface area contributed by atoms with Crippen molar-refractivity contribution in [1.82, 2.24) is 5.32 Å². The predicted molar refractivity (Wildman–Crippen MR) is 102 cm³/mol. The SMILES string of the molecule is O=C(CCCCC[n+]1ccccc1)N[C@H](CO)[C@H](O)c1ccc([N+](=O)[O-])cc1. The minimum Gasteiger partial charge on any atom is -0.394 e. The average Bonchev–Trinajstić information content (AvgIpc) is 2.72. The van der Waals surface area contributed by atoms with Gasteiger partial charge in [0.15, 0.2) is 12.4 Å². The summed E-state index contributed by atoms with van der Waals surface area (Å²) in [5, 5.41) is 33.2. The van der Waals surface area contributed by atoms with E-state index < -0.39 is 23.7 Å². The van der Waals surface area contributed by atoms with Gasteiger partial charge in [-0.05, 0) is 30.5 Å². The third kappa shape index (κ3) is 6.71. The molecule has 28 heavy (non-hydrogen) atoms. The zero-order chi connectivity index (χ0) is 20.4. The van der Waals surface area contributed by atoms with Gasteiger partial charge in [0.25, 0.3) is 5.69 Å². The van der Waals surface area contributed by atoms with E-state index in [1.54, 1.807) is 0 Å². The Kier molecular flexibility index (Phi) is 8.51. The van der Waals surface area contributed by atoms with E-state index in [0.29, 0.717) is 18.4 Å². The highest BCUT2D eigenvalue weighted by Crippen LogP contribution is 2.20. The monoisotopic (exact) mass is 388 g/mol. The van der Waals surface area contributed by atoms with Crippen molar-refractivity contribution in [3.63, 3.8) is 0 Å². The fraction of sp³-hybridized carbons (Fsp3) is 0.400. The molecule has 150 valence electrons. The van der Waals surface area contributed by atoms with E-state index in [0.717, 1.165) is 19.4 Å². The number of carbonyl (C=O) groups is 1. The summed E-state index contributed by atoms with van der Waals surface area (Å²) in [5.41, 5.74) is 0.305. The number of benzene rings is 1. The highest BCUT2D eigenvalue weighted by Gasteiger charge is 2.22. The number of carbonyl (C=O) groups excluding carboxylic acids is 1. The minimum atomic E-state index is -1.15. The summed E-state index contributed by atoms with van der Waals surface area (Å²) in [6.07, 6.45) is 5.72. The molecule has 1 amide bonds. The van der Waals surface area contributed by atoms with Gasteiger partial charge < -0.3 is 15.5 Å². The topological polar surface area (TPSA) is 117 Å². The molecule has 1 aromatic carbocycles. The number of aromatic nitrogens is 1. The van der Waals surface area contributed by atoms with E-state index in [2.05, 4.69) is 9.88 Å². The van der Waals surface area contributed by atoms with Crippen molar-refractivity contribution in [2.45, 2.75) is 44.4 Å². The van der Waals surface area contributed by atoms with Gasteiger partial charge in [-0.3, -0.25) is 14.9 Å². The molecule has 2 atom stereocenters. The summed E-state index contributed by atoms with van der Waals surface area (Å²) in [6.45, 7) is 0.453. The quantitative estimate of drug-likeness (QED) is 0.234. The third-order valence-electron chi connectivity index (χ3n) is 4.47. The van der Waals surface area contributed by atoms with Crippen LogP contribution in [-0.2, 0) is 11.3 Å². The van der Waals surface area contributed by atoms with Gasteiger partial charge in [-0.15, -0.1) is 0 Å². The molecule has 2 rings (SSSR count). The molecule has 0 saturated heterocycles. The van der Waals surface area contributed by atoms with Crippen LogP contribution in [0.5, 0.6) is 0 Å². The van der Waals surface area contributed by atoms with Crippen LogP contribution in [0.25, 0.3) is 0 Å². The van der Waals surface area contributed by atoms with E-state index in [1.165, 1.54) is 24.3 Å². The Morgan fingerprint density at radius 2 is 1.79 bits per heavy atom. The number of pyridine rings is 1. The first-order valence-electron chi connectivity index (χ1n) is 9.28. The number of nitrogens with zero attached hydrogens (tertiary/aromatic N) is 2. The van der Waals surface area contributed by atoms with Crippen molar-refractivity contribution in [1.29, 1.82) is 0 Å². The van der Waals surface area contributed by atoms with Crippen LogP contribution < -0.4 is 9.88 Å². The zero-order valence-corrected chi connectivity index (χ0v) is 15.6. The van der Waals surface area contributed by atoms with Gasteiger partial charge in [-0.25, -0.2) is 4.57 Å². The molecular weight excluding hydrogens is 362 g/mol. The smallest absolute Gasteiger partial charge is 0.269 e. The maximum atomic E-state index is 12.1. The van der Waals surface area contributed by atoms with Crippen molar-refractivity contribution in [2.24, 2.45) is 0 Å². The molecular formula is C20H26N3O5+. The van der Waals surface area contributed by atoms with Crippen LogP contribution in [0, 0.1) is 10.1 Å². The molecule has 0 bridgehead atoms. The van der Waals surface area contributed by atoms with E-state index in [-0.39, 0.29) is 11.6 Å². The van der Waals surface area contributed by atoms with Gasteiger partial charge in [-0.2, -0.15) is 0 Å². The van der Waals surface area contributed by atoms with Gasteiger partial charge in [-0.1, -0.05) is 6.07 Å². The lowest BCUT2D eigenvalue weighted by molar-refractivity contribution is -0.697. The molecule has 0 aliphatic heterocycles. The Morgan fingerprint density at radius 1 is 1.11 bits per heavy atom. The minimum absolute atomic E-state index is 0.0887. The Hall–Kier alpha value is -2.84. The van der Waals surface area contributed by atoms with Gasteiger partial charge in [0.2, 0.25) is 5.91 Å². The molecule has 0 unspecified atom stereocenters. The fourth-order valence-electron chi connectivity index (χ4n) is 2.87. The van der Waals surface area contributed by atoms with Gasteiger partial charge in [0, 0.05) is 37.1 Å². The van der Waals surface area contributed by atoms with Crippen LogP contribution in [0.3, 0.4) is 0 Å². The van der Waals surface area contributed by atoms with Crippen LogP contribution in [0.15, 0.2) is 54.9 Å². The summed E-state index contributed by atoms with van der Waals surface area (Å²) >= 11 is 0. The summed E-state index contributed by atoms with van der Waals surface area (Å²) in [4.78, 5) is 22.3. The summed E-state index contributed by atoms with van der Waals surface area (Å²) in [7, 11) is 0. The van der Waals surface area contributed by atoms with E-state index in [9.17, 15) is 25.1 Å². The number of aliphatic hydroxyl groups excluding tert-OH is 2. The molecule has 0 saturated carbocycles. The number of aliphatic hydroxyl groups is 2. The standard InChI is InChI=1S/C20H25N3O5/c24-15-18(20(26)16-8-10-17(11-9-16)23(27)28)21-19(25)7-3-1-4-12-22-13-5-2-6-14-22/h2,5-6,8-11,13-14,18,20,24,26H,1,3-4,7,12,15H2/p+1/t18-,20-/m1/s1. The van der Waals surface area contributed by atoms with Crippen LogP contribution in [0.2, 0.25) is 0 Å².